The van der Waals surface area contributed by atoms with E-state index in [0.717, 1.165) is 0 Å². The number of ketones is 1. The Morgan fingerprint density at radius 3 is 2.38 bits per heavy atom. The SMILES string of the molecule is CC#CCCC(=O)CCC(F)(F)F. The molecule has 0 radical (unpaired) electrons. The Morgan fingerprint density at radius 2 is 1.92 bits per heavy atom. The molecule has 0 aromatic heterocycles. The van der Waals surface area contributed by atoms with Crippen molar-refractivity contribution in [2.45, 2.75) is 38.8 Å². The summed E-state index contributed by atoms with van der Waals surface area (Å²) in [4.78, 5) is 10.8. The summed E-state index contributed by atoms with van der Waals surface area (Å²) < 4.78 is 34.9. The van der Waals surface area contributed by atoms with Gasteiger partial charge in [0, 0.05) is 19.3 Å². The van der Waals surface area contributed by atoms with Gasteiger partial charge in [-0.2, -0.15) is 13.2 Å². The fourth-order valence-corrected chi connectivity index (χ4v) is 0.733. The third kappa shape index (κ3) is 8.93. The maximum atomic E-state index is 11.6. The molecule has 0 amide bonds. The Balaban J connectivity index is 3.56. The topological polar surface area (TPSA) is 17.1 Å². The molecule has 0 N–H and O–H groups in total. The van der Waals surface area contributed by atoms with Crippen LogP contribution in [-0.2, 0) is 4.79 Å². The highest BCUT2D eigenvalue weighted by molar-refractivity contribution is 5.78. The van der Waals surface area contributed by atoms with Gasteiger partial charge in [0.1, 0.15) is 5.78 Å². The van der Waals surface area contributed by atoms with Crippen LogP contribution in [0.1, 0.15) is 32.6 Å². The van der Waals surface area contributed by atoms with E-state index in [-0.39, 0.29) is 12.2 Å². The molecule has 0 rings (SSSR count). The van der Waals surface area contributed by atoms with Crippen molar-refractivity contribution in [3.8, 4) is 11.8 Å². The second-order valence-corrected chi connectivity index (χ2v) is 2.58. The molecular formula is C9H11F3O. The second-order valence-electron chi connectivity index (χ2n) is 2.58. The molecule has 0 saturated heterocycles. The lowest BCUT2D eigenvalue weighted by molar-refractivity contribution is -0.143. The first-order valence-electron chi connectivity index (χ1n) is 3.94. The van der Waals surface area contributed by atoms with Crippen LogP contribution in [0.25, 0.3) is 0 Å². The minimum atomic E-state index is -4.23. The van der Waals surface area contributed by atoms with Crippen LogP contribution in [-0.4, -0.2) is 12.0 Å². The number of alkyl halides is 3. The minimum absolute atomic E-state index is 0.122. The largest absolute Gasteiger partial charge is 0.389 e. The van der Waals surface area contributed by atoms with E-state index in [1.807, 2.05) is 0 Å². The van der Waals surface area contributed by atoms with Crippen molar-refractivity contribution in [3.05, 3.63) is 0 Å². The second kappa shape index (κ2) is 5.63. The first-order valence-corrected chi connectivity index (χ1v) is 3.94. The van der Waals surface area contributed by atoms with Gasteiger partial charge in [-0.05, 0) is 6.92 Å². The molecule has 0 aromatic carbocycles. The molecule has 74 valence electrons. The molecule has 0 saturated carbocycles. The van der Waals surface area contributed by atoms with Crippen molar-refractivity contribution in [3.63, 3.8) is 0 Å². The van der Waals surface area contributed by atoms with Crippen LogP contribution in [0.2, 0.25) is 0 Å². The molecule has 0 atom stereocenters. The number of hydrogen-bond donors (Lipinski definition) is 0. The minimum Gasteiger partial charge on any atom is -0.300 e. The molecule has 0 spiro atoms. The zero-order chi connectivity index (χ0) is 10.3. The molecule has 0 unspecified atom stereocenters. The molecule has 0 aliphatic rings. The summed E-state index contributed by atoms with van der Waals surface area (Å²) in [5, 5.41) is 0. The number of carbonyl (C=O) groups excluding carboxylic acids is 1. The van der Waals surface area contributed by atoms with E-state index in [9.17, 15) is 18.0 Å². The van der Waals surface area contributed by atoms with Gasteiger partial charge in [-0.1, -0.05) is 0 Å². The summed E-state index contributed by atoms with van der Waals surface area (Å²) in [5.74, 6) is 4.82. The molecule has 0 bridgehead atoms. The maximum Gasteiger partial charge on any atom is 0.389 e. The van der Waals surface area contributed by atoms with E-state index in [4.69, 9.17) is 0 Å². The van der Waals surface area contributed by atoms with Crippen molar-refractivity contribution in [2.24, 2.45) is 0 Å². The summed E-state index contributed by atoms with van der Waals surface area (Å²) >= 11 is 0. The van der Waals surface area contributed by atoms with Crippen molar-refractivity contribution in [1.82, 2.24) is 0 Å². The first-order chi connectivity index (χ1) is 5.95. The van der Waals surface area contributed by atoms with Gasteiger partial charge in [-0.25, -0.2) is 0 Å². The maximum absolute atomic E-state index is 11.6. The van der Waals surface area contributed by atoms with Crippen molar-refractivity contribution < 1.29 is 18.0 Å². The lowest BCUT2D eigenvalue weighted by Gasteiger charge is -2.03. The molecule has 13 heavy (non-hydrogen) atoms. The van der Waals surface area contributed by atoms with Gasteiger partial charge < -0.3 is 0 Å². The van der Waals surface area contributed by atoms with Crippen LogP contribution < -0.4 is 0 Å². The molecule has 0 heterocycles. The van der Waals surface area contributed by atoms with Gasteiger partial charge in [0.05, 0.1) is 6.42 Å². The highest BCUT2D eigenvalue weighted by atomic mass is 19.4. The smallest absolute Gasteiger partial charge is 0.300 e. The summed E-state index contributed by atoms with van der Waals surface area (Å²) in [6.45, 7) is 1.63. The van der Waals surface area contributed by atoms with Gasteiger partial charge in [-0.15, -0.1) is 11.8 Å². The van der Waals surface area contributed by atoms with Gasteiger partial charge in [0.2, 0.25) is 0 Å². The first kappa shape index (κ1) is 12.0. The summed E-state index contributed by atoms with van der Waals surface area (Å²) in [5.41, 5.74) is 0. The fourth-order valence-electron chi connectivity index (χ4n) is 0.733. The van der Waals surface area contributed by atoms with Crippen molar-refractivity contribution >= 4 is 5.78 Å². The van der Waals surface area contributed by atoms with E-state index in [0.29, 0.717) is 6.42 Å². The van der Waals surface area contributed by atoms with Gasteiger partial charge in [0.25, 0.3) is 0 Å². The highest BCUT2D eigenvalue weighted by Gasteiger charge is 2.27. The Hall–Kier alpha value is -0.980. The monoisotopic (exact) mass is 192 g/mol. The lowest BCUT2D eigenvalue weighted by atomic mass is 10.1. The summed E-state index contributed by atoms with van der Waals surface area (Å²) in [6.07, 6.45) is -5.20. The molecular weight excluding hydrogens is 181 g/mol. The van der Waals surface area contributed by atoms with Gasteiger partial charge in [-0.3, -0.25) is 4.79 Å². The number of halogens is 3. The van der Waals surface area contributed by atoms with Crippen LogP contribution >= 0.6 is 0 Å². The van der Waals surface area contributed by atoms with E-state index in [1.54, 1.807) is 6.92 Å². The zero-order valence-electron chi connectivity index (χ0n) is 7.37. The van der Waals surface area contributed by atoms with Crippen LogP contribution in [0.15, 0.2) is 0 Å². The predicted octanol–water partition coefficient (Wildman–Crippen LogP) is 2.70. The molecule has 0 aromatic rings. The average Bonchev–Trinajstić information content (AvgIpc) is 2.00. The Morgan fingerprint density at radius 1 is 1.31 bits per heavy atom. The van der Waals surface area contributed by atoms with E-state index < -0.39 is 19.0 Å². The molecule has 0 aliphatic heterocycles. The third-order valence-corrected chi connectivity index (χ3v) is 1.39. The fraction of sp³-hybridized carbons (Fsp3) is 0.667. The lowest BCUT2D eigenvalue weighted by Crippen LogP contribution is -2.10. The number of Topliss-reactive ketones (excluding diaryl/α,β-unsaturated/α-hetero) is 1. The number of carbonyl (C=O) groups is 1. The average molecular weight is 192 g/mol. The quantitative estimate of drug-likeness (QED) is 0.626. The summed E-state index contributed by atoms with van der Waals surface area (Å²) in [6, 6.07) is 0. The van der Waals surface area contributed by atoms with Crippen LogP contribution in [0.3, 0.4) is 0 Å². The van der Waals surface area contributed by atoms with Gasteiger partial charge in [0.15, 0.2) is 0 Å². The molecule has 0 fully saturated rings. The zero-order valence-corrected chi connectivity index (χ0v) is 7.37. The van der Waals surface area contributed by atoms with Crippen LogP contribution in [0.5, 0.6) is 0 Å². The van der Waals surface area contributed by atoms with E-state index in [1.165, 1.54) is 0 Å². The molecule has 1 nitrogen and oxygen atoms in total. The Bertz CT molecular complexity index is 219. The Kier molecular flexibility index (Phi) is 5.20. The molecule has 0 aliphatic carbocycles. The normalized spacial score (nSPS) is 10.5. The summed E-state index contributed by atoms with van der Waals surface area (Å²) in [7, 11) is 0. The van der Waals surface area contributed by atoms with Gasteiger partial charge >= 0.3 is 6.18 Å². The Labute approximate surface area is 75.3 Å². The van der Waals surface area contributed by atoms with E-state index in [2.05, 4.69) is 11.8 Å². The van der Waals surface area contributed by atoms with Crippen molar-refractivity contribution in [2.75, 3.05) is 0 Å². The molecule has 4 heteroatoms. The van der Waals surface area contributed by atoms with E-state index >= 15 is 0 Å². The number of hydrogen-bond acceptors (Lipinski definition) is 1. The predicted molar refractivity (Wildman–Crippen MR) is 43.0 cm³/mol. The standard InChI is InChI=1S/C9H11F3O/c1-2-3-4-5-8(13)6-7-9(10,11)12/h4-7H2,1H3. The third-order valence-electron chi connectivity index (χ3n) is 1.39. The van der Waals surface area contributed by atoms with Crippen LogP contribution in [0.4, 0.5) is 13.2 Å². The highest BCUT2D eigenvalue weighted by Crippen LogP contribution is 2.21. The van der Waals surface area contributed by atoms with Crippen molar-refractivity contribution in [1.29, 1.82) is 0 Å². The number of rotatable bonds is 4. The van der Waals surface area contributed by atoms with Crippen LogP contribution in [0, 0.1) is 11.8 Å².